The van der Waals surface area contributed by atoms with Crippen LogP contribution in [-0.4, -0.2) is 37.1 Å². The number of carbonyl (C=O) groups excluding carboxylic acids is 1. The first-order valence-corrected chi connectivity index (χ1v) is 5.60. The zero-order chi connectivity index (χ0) is 13.3. The summed E-state index contributed by atoms with van der Waals surface area (Å²) in [5.41, 5.74) is 4.52. The highest BCUT2D eigenvalue weighted by atomic mass is 19.1. The number of rotatable bonds is 2. The van der Waals surface area contributed by atoms with Crippen molar-refractivity contribution < 1.29 is 18.3 Å². The number of likely N-dealkylation sites (tertiary alicyclic amines) is 1. The van der Waals surface area contributed by atoms with E-state index in [0.29, 0.717) is 19.5 Å². The van der Waals surface area contributed by atoms with E-state index in [1.165, 1.54) is 4.90 Å². The molecule has 18 heavy (non-hydrogen) atoms. The SMILES string of the molecule is COC1CCN(C(=O)c2c(F)ccc(N)c2F)C1. The number of carbonyl (C=O) groups is 1. The van der Waals surface area contributed by atoms with Gasteiger partial charge in [-0.05, 0) is 18.6 Å². The lowest BCUT2D eigenvalue weighted by atomic mass is 10.1. The van der Waals surface area contributed by atoms with Crippen LogP contribution in [0, 0.1) is 11.6 Å². The van der Waals surface area contributed by atoms with Gasteiger partial charge in [-0.3, -0.25) is 4.79 Å². The van der Waals surface area contributed by atoms with Crippen LogP contribution in [0.5, 0.6) is 0 Å². The summed E-state index contributed by atoms with van der Waals surface area (Å²) >= 11 is 0. The van der Waals surface area contributed by atoms with Crippen LogP contribution in [0.4, 0.5) is 14.5 Å². The van der Waals surface area contributed by atoms with E-state index in [1.807, 2.05) is 0 Å². The summed E-state index contributed by atoms with van der Waals surface area (Å²) in [4.78, 5) is 13.4. The number of methoxy groups -OCH3 is 1. The Labute approximate surface area is 103 Å². The van der Waals surface area contributed by atoms with Gasteiger partial charge in [-0.15, -0.1) is 0 Å². The fourth-order valence-corrected chi connectivity index (χ4v) is 2.03. The molecule has 2 N–H and O–H groups in total. The third kappa shape index (κ3) is 2.15. The van der Waals surface area contributed by atoms with Crippen molar-refractivity contribution in [1.29, 1.82) is 0 Å². The Morgan fingerprint density at radius 1 is 1.50 bits per heavy atom. The van der Waals surface area contributed by atoms with Crippen molar-refractivity contribution in [2.75, 3.05) is 25.9 Å². The molecule has 1 saturated heterocycles. The second kappa shape index (κ2) is 4.89. The van der Waals surface area contributed by atoms with Gasteiger partial charge in [0.15, 0.2) is 5.82 Å². The van der Waals surface area contributed by atoms with Gasteiger partial charge in [0.25, 0.3) is 5.91 Å². The molecule has 1 aliphatic rings. The number of nitrogens with zero attached hydrogens (tertiary/aromatic N) is 1. The lowest BCUT2D eigenvalue weighted by molar-refractivity contribution is 0.0715. The maximum atomic E-state index is 13.7. The van der Waals surface area contributed by atoms with Crippen molar-refractivity contribution in [2.24, 2.45) is 0 Å². The minimum Gasteiger partial charge on any atom is -0.396 e. The molecule has 1 unspecified atom stereocenters. The molecule has 0 saturated carbocycles. The number of hydrogen-bond donors (Lipinski definition) is 1. The maximum Gasteiger partial charge on any atom is 0.260 e. The minimum absolute atomic E-state index is 0.0823. The molecule has 1 fully saturated rings. The molecular weight excluding hydrogens is 242 g/mol. The van der Waals surface area contributed by atoms with Crippen LogP contribution in [0.15, 0.2) is 12.1 Å². The van der Waals surface area contributed by atoms with Crippen molar-refractivity contribution in [1.82, 2.24) is 4.90 Å². The van der Waals surface area contributed by atoms with E-state index in [-0.39, 0.29) is 11.8 Å². The molecule has 2 rings (SSSR count). The third-order valence-electron chi connectivity index (χ3n) is 3.10. The molecule has 0 spiro atoms. The van der Waals surface area contributed by atoms with Gasteiger partial charge in [0.05, 0.1) is 11.8 Å². The number of anilines is 1. The average Bonchev–Trinajstić information content (AvgIpc) is 2.83. The van der Waals surface area contributed by atoms with Gasteiger partial charge in [0.1, 0.15) is 11.4 Å². The van der Waals surface area contributed by atoms with E-state index in [9.17, 15) is 13.6 Å². The fraction of sp³-hybridized carbons (Fsp3) is 0.417. The molecule has 1 heterocycles. The van der Waals surface area contributed by atoms with Crippen molar-refractivity contribution in [3.63, 3.8) is 0 Å². The highest BCUT2D eigenvalue weighted by molar-refractivity contribution is 5.95. The standard InChI is InChI=1S/C12H14F2N2O2/c1-18-7-4-5-16(6-7)12(17)10-8(13)2-3-9(15)11(10)14/h2-3,7H,4-6,15H2,1H3. The average molecular weight is 256 g/mol. The van der Waals surface area contributed by atoms with Crippen LogP contribution in [0.2, 0.25) is 0 Å². The summed E-state index contributed by atoms with van der Waals surface area (Å²) < 4.78 is 32.3. The predicted molar refractivity (Wildman–Crippen MR) is 62.1 cm³/mol. The Hall–Kier alpha value is -1.69. The number of ether oxygens (including phenoxy) is 1. The van der Waals surface area contributed by atoms with E-state index in [4.69, 9.17) is 10.5 Å². The van der Waals surface area contributed by atoms with E-state index in [0.717, 1.165) is 12.1 Å². The smallest absolute Gasteiger partial charge is 0.260 e. The molecule has 98 valence electrons. The molecule has 1 aromatic carbocycles. The molecule has 0 bridgehead atoms. The lowest BCUT2D eigenvalue weighted by Gasteiger charge is -2.17. The molecule has 6 heteroatoms. The summed E-state index contributed by atoms with van der Waals surface area (Å²) in [5, 5.41) is 0. The first-order chi connectivity index (χ1) is 8.54. The molecule has 1 amide bonds. The predicted octanol–water partition coefficient (Wildman–Crippen LogP) is 1.41. The Kier molecular flexibility index (Phi) is 3.47. The second-order valence-electron chi connectivity index (χ2n) is 4.22. The molecule has 4 nitrogen and oxygen atoms in total. The second-order valence-corrected chi connectivity index (χ2v) is 4.22. The van der Waals surface area contributed by atoms with Crippen LogP contribution in [0.1, 0.15) is 16.8 Å². The van der Waals surface area contributed by atoms with Gasteiger partial charge in [-0.2, -0.15) is 0 Å². The highest BCUT2D eigenvalue weighted by Gasteiger charge is 2.30. The van der Waals surface area contributed by atoms with Crippen molar-refractivity contribution in [3.8, 4) is 0 Å². The summed E-state index contributed by atoms with van der Waals surface area (Å²) in [6, 6.07) is 2.10. The Balaban J connectivity index is 2.27. The molecule has 1 atom stereocenters. The molecule has 1 aliphatic heterocycles. The van der Waals surface area contributed by atoms with E-state index < -0.39 is 23.1 Å². The highest BCUT2D eigenvalue weighted by Crippen LogP contribution is 2.22. The number of amides is 1. The van der Waals surface area contributed by atoms with Crippen molar-refractivity contribution in [3.05, 3.63) is 29.3 Å². The summed E-state index contributed by atoms with van der Waals surface area (Å²) in [6.45, 7) is 0.758. The van der Waals surface area contributed by atoms with Crippen LogP contribution < -0.4 is 5.73 Å². The van der Waals surface area contributed by atoms with Gasteiger partial charge in [-0.25, -0.2) is 8.78 Å². The monoisotopic (exact) mass is 256 g/mol. The zero-order valence-corrected chi connectivity index (χ0v) is 9.95. The quantitative estimate of drug-likeness (QED) is 0.814. The van der Waals surface area contributed by atoms with Crippen LogP contribution >= 0.6 is 0 Å². The molecule has 1 aromatic rings. The normalized spacial score (nSPS) is 19.3. The Morgan fingerprint density at radius 2 is 2.22 bits per heavy atom. The summed E-state index contributed by atoms with van der Waals surface area (Å²) in [5.74, 6) is -2.58. The van der Waals surface area contributed by atoms with Gasteiger partial charge in [0, 0.05) is 20.2 Å². The lowest BCUT2D eigenvalue weighted by Crippen LogP contribution is -2.31. The number of benzene rings is 1. The largest absolute Gasteiger partial charge is 0.396 e. The van der Waals surface area contributed by atoms with Gasteiger partial charge < -0.3 is 15.4 Å². The first kappa shape index (κ1) is 12.8. The van der Waals surface area contributed by atoms with E-state index in [1.54, 1.807) is 7.11 Å². The Bertz CT molecular complexity index is 479. The van der Waals surface area contributed by atoms with Gasteiger partial charge in [-0.1, -0.05) is 0 Å². The molecule has 0 aromatic heterocycles. The first-order valence-electron chi connectivity index (χ1n) is 5.60. The number of nitrogens with two attached hydrogens (primary N) is 1. The minimum atomic E-state index is -0.999. The Morgan fingerprint density at radius 3 is 2.83 bits per heavy atom. The molecule has 0 aliphatic carbocycles. The van der Waals surface area contributed by atoms with Crippen LogP contribution in [0.25, 0.3) is 0 Å². The topological polar surface area (TPSA) is 55.6 Å². The molecule has 0 radical (unpaired) electrons. The molecular formula is C12H14F2N2O2. The van der Waals surface area contributed by atoms with Crippen LogP contribution in [0.3, 0.4) is 0 Å². The van der Waals surface area contributed by atoms with E-state index >= 15 is 0 Å². The van der Waals surface area contributed by atoms with E-state index in [2.05, 4.69) is 0 Å². The fourth-order valence-electron chi connectivity index (χ4n) is 2.03. The van der Waals surface area contributed by atoms with Crippen LogP contribution in [-0.2, 0) is 4.74 Å². The summed E-state index contributed by atoms with van der Waals surface area (Å²) in [6.07, 6.45) is 0.578. The summed E-state index contributed by atoms with van der Waals surface area (Å²) in [7, 11) is 1.54. The zero-order valence-electron chi connectivity index (χ0n) is 9.95. The van der Waals surface area contributed by atoms with Crippen molar-refractivity contribution in [2.45, 2.75) is 12.5 Å². The van der Waals surface area contributed by atoms with Gasteiger partial charge in [0.2, 0.25) is 0 Å². The van der Waals surface area contributed by atoms with Crippen molar-refractivity contribution >= 4 is 11.6 Å². The van der Waals surface area contributed by atoms with Gasteiger partial charge >= 0.3 is 0 Å². The third-order valence-corrected chi connectivity index (χ3v) is 3.10. The number of nitrogen functional groups attached to an aromatic ring is 1. The number of hydrogen-bond acceptors (Lipinski definition) is 3. The maximum absolute atomic E-state index is 13.7. The number of halogens is 2.